The number of hydrogen-bond donors (Lipinski definition) is 1. The number of hydrogen-bond acceptors (Lipinski definition) is 4. The number of aliphatic carboxylic acids is 1. The molecule has 0 amide bonds. The molecule has 0 spiro atoms. The SMILES string of the molecule is COCCN(CC(=O)O)Cc1cc(F)ccc1C#N. The predicted molar refractivity (Wildman–Crippen MR) is 65.9 cm³/mol. The van der Waals surface area contributed by atoms with E-state index in [1.807, 2.05) is 6.07 Å². The molecule has 0 aliphatic rings. The lowest BCUT2D eigenvalue weighted by Crippen LogP contribution is -2.32. The highest BCUT2D eigenvalue weighted by atomic mass is 19.1. The third-order valence-corrected chi connectivity index (χ3v) is 2.55. The fourth-order valence-electron chi connectivity index (χ4n) is 1.67. The first-order valence-corrected chi connectivity index (χ1v) is 5.68. The van der Waals surface area contributed by atoms with Crippen LogP contribution in [0.15, 0.2) is 18.2 Å². The summed E-state index contributed by atoms with van der Waals surface area (Å²) >= 11 is 0. The Balaban J connectivity index is 2.85. The molecule has 0 unspecified atom stereocenters. The Kier molecular flexibility index (Phi) is 5.93. The lowest BCUT2D eigenvalue weighted by Gasteiger charge is -2.20. The third kappa shape index (κ3) is 5.04. The number of carbonyl (C=O) groups is 1. The van der Waals surface area contributed by atoms with Crippen molar-refractivity contribution < 1.29 is 19.0 Å². The monoisotopic (exact) mass is 266 g/mol. The second-order valence-electron chi connectivity index (χ2n) is 4.01. The smallest absolute Gasteiger partial charge is 0.317 e. The molecular formula is C13H15FN2O3. The number of nitriles is 1. The Hall–Kier alpha value is -1.97. The minimum absolute atomic E-state index is 0.190. The highest BCUT2D eigenvalue weighted by Crippen LogP contribution is 2.13. The van der Waals surface area contributed by atoms with Crippen molar-refractivity contribution in [2.75, 3.05) is 26.8 Å². The van der Waals surface area contributed by atoms with Crippen LogP contribution in [0.3, 0.4) is 0 Å². The van der Waals surface area contributed by atoms with Crippen LogP contribution in [0, 0.1) is 17.1 Å². The van der Waals surface area contributed by atoms with Gasteiger partial charge < -0.3 is 9.84 Å². The number of benzene rings is 1. The van der Waals surface area contributed by atoms with Crippen molar-refractivity contribution in [2.45, 2.75) is 6.54 Å². The normalized spacial score (nSPS) is 10.4. The Morgan fingerprint density at radius 2 is 2.32 bits per heavy atom. The molecule has 1 aromatic carbocycles. The summed E-state index contributed by atoms with van der Waals surface area (Å²) in [5.41, 5.74) is 0.814. The van der Waals surface area contributed by atoms with Gasteiger partial charge in [0, 0.05) is 20.2 Å². The highest BCUT2D eigenvalue weighted by molar-refractivity contribution is 5.69. The number of nitrogens with zero attached hydrogens (tertiary/aromatic N) is 2. The Labute approximate surface area is 110 Å². The van der Waals surface area contributed by atoms with Gasteiger partial charge in [0.2, 0.25) is 0 Å². The third-order valence-electron chi connectivity index (χ3n) is 2.55. The summed E-state index contributed by atoms with van der Waals surface area (Å²) in [6.45, 7) is 0.760. The molecule has 0 bridgehead atoms. The van der Waals surface area contributed by atoms with Crippen LogP contribution in [0.25, 0.3) is 0 Å². The number of rotatable bonds is 7. The maximum atomic E-state index is 13.2. The zero-order valence-electron chi connectivity index (χ0n) is 10.6. The molecule has 0 radical (unpaired) electrons. The number of carboxylic acid groups (broad SMARTS) is 1. The molecule has 0 heterocycles. The molecule has 1 aromatic rings. The van der Waals surface area contributed by atoms with Crippen molar-refractivity contribution in [3.63, 3.8) is 0 Å². The Morgan fingerprint density at radius 3 is 2.89 bits per heavy atom. The van der Waals surface area contributed by atoms with Gasteiger partial charge in [-0.2, -0.15) is 5.26 Å². The van der Waals surface area contributed by atoms with Crippen LogP contribution in [-0.4, -0.2) is 42.8 Å². The molecule has 0 fully saturated rings. The molecule has 0 aromatic heterocycles. The van der Waals surface area contributed by atoms with Gasteiger partial charge in [-0.1, -0.05) is 0 Å². The molecule has 0 saturated heterocycles. The van der Waals surface area contributed by atoms with Gasteiger partial charge in [0.1, 0.15) is 5.82 Å². The number of ether oxygens (including phenoxy) is 1. The van der Waals surface area contributed by atoms with Gasteiger partial charge >= 0.3 is 5.97 Å². The van der Waals surface area contributed by atoms with E-state index in [2.05, 4.69) is 0 Å². The van der Waals surface area contributed by atoms with E-state index in [4.69, 9.17) is 15.1 Å². The summed E-state index contributed by atoms with van der Waals surface area (Å²) in [6, 6.07) is 5.81. The first-order valence-electron chi connectivity index (χ1n) is 5.68. The fraction of sp³-hybridized carbons (Fsp3) is 0.385. The molecule has 0 saturated carbocycles. The van der Waals surface area contributed by atoms with E-state index in [9.17, 15) is 9.18 Å². The molecule has 5 nitrogen and oxygen atoms in total. The van der Waals surface area contributed by atoms with E-state index < -0.39 is 11.8 Å². The van der Waals surface area contributed by atoms with Crippen molar-refractivity contribution in [3.8, 4) is 6.07 Å². The molecule has 0 aliphatic carbocycles. The van der Waals surface area contributed by atoms with E-state index in [1.54, 1.807) is 4.90 Å². The first-order chi connectivity index (χ1) is 9.06. The molecule has 1 N–H and O–H groups in total. The summed E-state index contributed by atoms with van der Waals surface area (Å²) in [5, 5.41) is 17.8. The molecular weight excluding hydrogens is 251 g/mol. The molecule has 19 heavy (non-hydrogen) atoms. The van der Waals surface area contributed by atoms with Crippen LogP contribution in [0.4, 0.5) is 4.39 Å². The summed E-state index contributed by atoms with van der Waals surface area (Å²) in [6.07, 6.45) is 0. The van der Waals surface area contributed by atoms with Crippen LogP contribution in [0.5, 0.6) is 0 Å². The van der Waals surface area contributed by atoms with Crippen LogP contribution in [0.1, 0.15) is 11.1 Å². The zero-order chi connectivity index (χ0) is 14.3. The standard InChI is InChI=1S/C13H15FN2O3/c1-19-5-4-16(9-13(17)18)8-11-6-12(14)3-2-10(11)7-15/h2-3,6H,4-5,8-9H2,1H3,(H,17,18). The van der Waals surface area contributed by atoms with Gasteiger partial charge in [-0.3, -0.25) is 9.69 Å². The van der Waals surface area contributed by atoms with Crippen molar-refractivity contribution in [1.29, 1.82) is 5.26 Å². The predicted octanol–water partition coefficient (Wildman–Crippen LogP) is 1.23. The van der Waals surface area contributed by atoms with E-state index in [0.29, 0.717) is 24.3 Å². The quantitative estimate of drug-likeness (QED) is 0.803. The molecule has 1 rings (SSSR count). The largest absolute Gasteiger partial charge is 0.480 e. The second-order valence-corrected chi connectivity index (χ2v) is 4.01. The van der Waals surface area contributed by atoms with Gasteiger partial charge in [-0.25, -0.2) is 4.39 Å². The van der Waals surface area contributed by atoms with Crippen LogP contribution < -0.4 is 0 Å². The van der Waals surface area contributed by atoms with Crippen molar-refractivity contribution in [1.82, 2.24) is 4.90 Å². The average Bonchev–Trinajstić information content (AvgIpc) is 2.35. The minimum Gasteiger partial charge on any atom is -0.480 e. The lowest BCUT2D eigenvalue weighted by atomic mass is 10.1. The van der Waals surface area contributed by atoms with Crippen LogP contribution in [-0.2, 0) is 16.1 Å². The molecule has 6 heteroatoms. The van der Waals surface area contributed by atoms with Crippen molar-refractivity contribution in [2.24, 2.45) is 0 Å². The summed E-state index contributed by atoms with van der Waals surface area (Å²) < 4.78 is 18.1. The first kappa shape index (κ1) is 15.1. The Bertz CT molecular complexity index is 485. The summed E-state index contributed by atoms with van der Waals surface area (Å²) in [7, 11) is 1.52. The topological polar surface area (TPSA) is 73.6 Å². The van der Waals surface area contributed by atoms with E-state index in [-0.39, 0.29) is 13.1 Å². The lowest BCUT2D eigenvalue weighted by molar-refractivity contribution is -0.138. The van der Waals surface area contributed by atoms with E-state index >= 15 is 0 Å². The van der Waals surface area contributed by atoms with Gasteiger partial charge in [0.15, 0.2) is 0 Å². The van der Waals surface area contributed by atoms with Crippen LogP contribution >= 0.6 is 0 Å². The van der Waals surface area contributed by atoms with Gasteiger partial charge in [0.25, 0.3) is 0 Å². The number of carboxylic acids is 1. The Morgan fingerprint density at radius 1 is 1.58 bits per heavy atom. The van der Waals surface area contributed by atoms with E-state index in [1.165, 1.54) is 25.3 Å². The maximum Gasteiger partial charge on any atom is 0.317 e. The molecule has 0 atom stereocenters. The molecule has 0 aliphatic heterocycles. The molecule has 102 valence electrons. The number of methoxy groups -OCH3 is 1. The van der Waals surface area contributed by atoms with E-state index in [0.717, 1.165) is 0 Å². The van der Waals surface area contributed by atoms with Crippen molar-refractivity contribution >= 4 is 5.97 Å². The second kappa shape index (κ2) is 7.46. The average molecular weight is 266 g/mol. The summed E-state index contributed by atoms with van der Waals surface area (Å²) in [4.78, 5) is 12.3. The minimum atomic E-state index is -0.981. The summed E-state index contributed by atoms with van der Waals surface area (Å²) in [5.74, 6) is -1.43. The fourth-order valence-corrected chi connectivity index (χ4v) is 1.67. The number of halogens is 1. The van der Waals surface area contributed by atoms with Gasteiger partial charge in [-0.15, -0.1) is 0 Å². The van der Waals surface area contributed by atoms with Crippen molar-refractivity contribution in [3.05, 3.63) is 35.1 Å². The zero-order valence-corrected chi connectivity index (χ0v) is 10.6. The highest BCUT2D eigenvalue weighted by Gasteiger charge is 2.13. The van der Waals surface area contributed by atoms with Gasteiger partial charge in [0.05, 0.1) is 24.8 Å². The van der Waals surface area contributed by atoms with Crippen LogP contribution in [0.2, 0.25) is 0 Å². The maximum absolute atomic E-state index is 13.2. The van der Waals surface area contributed by atoms with Gasteiger partial charge in [-0.05, 0) is 23.8 Å².